The Morgan fingerprint density at radius 1 is 1.27 bits per heavy atom. The van der Waals surface area contributed by atoms with Crippen molar-refractivity contribution in [3.05, 3.63) is 46.1 Å². The summed E-state index contributed by atoms with van der Waals surface area (Å²) >= 11 is 3.43. The molecule has 0 spiro atoms. The number of carbonyl (C=O) groups excluding carboxylic acids is 1. The van der Waals surface area contributed by atoms with Crippen molar-refractivity contribution in [2.45, 2.75) is 26.8 Å². The largest absolute Gasteiger partial charge is 0.493 e. The molecular formula is C19H23BrN2O4. The zero-order chi connectivity index (χ0) is 18.9. The minimum absolute atomic E-state index is 0.225. The minimum Gasteiger partial charge on any atom is -0.493 e. The van der Waals surface area contributed by atoms with Gasteiger partial charge >= 0.3 is 0 Å². The number of ether oxygens (including phenoxy) is 3. The number of hydrogen-bond acceptors (Lipinski definition) is 5. The second-order valence-electron chi connectivity index (χ2n) is 5.42. The molecule has 1 aromatic heterocycles. The van der Waals surface area contributed by atoms with Gasteiger partial charge in [-0.3, -0.25) is 4.79 Å². The monoisotopic (exact) mass is 422 g/mol. The van der Waals surface area contributed by atoms with Crippen LogP contribution in [0.2, 0.25) is 0 Å². The minimum atomic E-state index is -0.225. The van der Waals surface area contributed by atoms with Crippen LogP contribution in [-0.2, 0) is 6.54 Å². The molecular weight excluding hydrogens is 400 g/mol. The van der Waals surface area contributed by atoms with Gasteiger partial charge in [0.25, 0.3) is 5.91 Å². The second kappa shape index (κ2) is 10.0. The molecule has 2 aromatic rings. The van der Waals surface area contributed by atoms with Gasteiger partial charge < -0.3 is 19.5 Å². The van der Waals surface area contributed by atoms with Crippen LogP contribution in [0.4, 0.5) is 0 Å². The molecule has 0 radical (unpaired) electrons. The van der Waals surface area contributed by atoms with Crippen LogP contribution in [0.25, 0.3) is 0 Å². The zero-order valence-corrected chi connectivity index (χ0v) is 16.8. The van der Waals surface area contributed by atoms with Crippen molar-refractivity contribution in [1.82, 2.24) is 10.3 Å². The van der Waals surface area contributed by atoms with E-state index in [4.69, 9.17) is 14.2 Å². The van der Waals surface area contributed by atoms with Crippen molar-refractivity contribution in [2.24, 2.45) is 0 Å². The lowest BCUT2D eigenvalue weighted by Gasteiger charge is -2.14. The molecule has 0 aliphatic heterocycles. The van der Waals surface area contributed by atoms with Gasteiger partial charge in [-0.25, -0.2) is 4.98 Å². The maximum atomic E-state index is 12.5. The van der Waals surface area contributed by atoms with Crippen molar-refractivity contribution in [3.63, 3.8) is 0 Å². The van der Waals surface area contributed by atoms with Crippen LogP contribution in [0.1, 0.15) is 36.2 Å². The van der Waals surface area contributed by atoms with Gasteiger partial charge in [-0.15, -0.1) is 0 Å². The average molecular weight is 423 g/mol. The SMILES string of the molecule is CCCOc1ncccc1CNC(=O)c1cc(Br)c(OCC)c(OC)c1. The van der Waals surface area contributed by atoms with Crippen LogP contribution in [-0.4, -0.2) is 31.2 Å². The van der Waals surface area contributed by atoms with Crippen LogP contribution < -0.4 is 19.5 Å². The maximum Gasteiger partial charge on any atom is 0.251 e. The van der Waals surface area contributed by atoms with Crippen LogP contribution in [0.5, 0.6) is 17.4 Å². The first kappa shape index (κ1) is 20.0. The Kier molecular flexibility index (Phi) is 7.72. The molecule has 0 aliphatic rings. The summed E-state index contributed by atoms with van der Waals surface area (Å²) < 4.78 is 17.2. The summed E-state index contributed by atoms with van der Waals surface area (Å²) in [5.41, 5.74) is 1.29. The first-order chi connectivity index (χ1) is 12.6. The van der Waals surface area contributed by atoms with Gasteiger partial charge in [0.15, 0.2) is 11.5 Å². The predicted octanol–water partition coefficient (Wildman–Crippen LogP) is 3.97. The number of nitrogens with one attached hydrogen (secondary N) is 1. The number of methoxy groups -OCH3 is 1. The fourth-order valence-corrected chi connectivity index (χ4v) is 2.86. The molecule has 0 saturated carbocycles. The molecule has 6 nitrogen and oxygen atoms in total. The molecule has 26 heavy (non-hydrogen) atoms. The lowest BCUT2D eigenvalue weighted by molar-refractivity contribution is 0.0950. The molecule has 0 fully saturated rings. The molecule has 0 saturated heterocycles. The number of nitrogens with zero attached hydrogens (tertiary/aromatic N) is 1. The van der Waals surface area contributed by atoms with E-state index in [0.29, 0.717) is 47.2 Å². The molecule has 7 heteroatoms. The zero-order valence-electron chi connectivity index (χ0n) is 15.2. The summed E-state index contributed by atoms with van der Waals surface area (Å²) in [4.78, 5) is 16.8. The van der Waals surface area contributed by atoms with E-state index in [-0.39, 0.29) is 5.91 Å². The molecule has 1 N–H and O–H groups in total. The maximum absolute atomic E-state index is 12.5. The van der Waals surface area contributed by atoms with E-state index in [1.165, 1.54) is 0 Å². The molecule has 1 amide bonds. The van der Waals surface area contributed by atoms with Crippen LogP contribution in [0, 0.1) is 0 Å². The van der Waals surface area contributed by atoms with Gasteiger partial charge in [0.05, 0.1) is 24.8 Å². The van der Waals surface area contributed by atoms with Gasteiger partial charge in [-0.2, -0.15) is 0 Å². The summed E-state index contributed by atoms with van der Waals surface area (Å²) in [6, 6.07) is 7.06. The highest BCUT2D eigenvalue weighted by Gasteiger charge is 2.16. The van der Waals surface area contributed by atoms with Crippen LogP contribution in [0.3, 0.4) is 0 Å². The molecule has 0 aliphatic carbocycles. The summed E-state index contributed by atoms with van der Waals surface area (Å²) in [5, 5.41) is 2.89. The molecule has 0 unspecified atom stereocenters. The average Bonchev–Trinajstić information content (AvgIpc) is 2.66. The Bertz CT molecular complexity index is 752. The highest BCUT2D eigenvalue weighted by atomic mass is 79.9. The summed E-state index contributed by atoms with van der Waals surface area (Å²) in [5.74, 6) is 1.39. The van der Waals surface area contributed by atoms with E-state index in [1.54, 1.807) is 25.4 Å². The molecule has 1 aromatic carbocycles. The normalized spacial score (nSPS) is 10.3. The smallest absolute Gasteiger partial charge is 0.251 e. The lowest BCUT2D eigenvalue weighted by Crippen LogP contribution is -2.23. The molecule has 1 heterocycles. The van der Waals surface area contributed by atoms with E-state index in [1.807, 2.05) is 26.0 Å². The van der Waals surface area contributed by atoms with Gasteiger partial charge in [0.2, 0.25) is 5.88 Å². The predicted molar refractivity (Wildman–Crippen MR) is 103 cm³/mol. The van der Waals surface area contributed by atoms with Crippen LogP contribution in [0.15, 0.2) is 34.9 Å². The fourth-order valence-electron chi connectivity index (χ4n) is 2.30. The van der Waals surface area contributed by atoms with Crippen molar-refractivity contribution in [3.8, 4) is 17.4 Å². The fraction of sp³-hybridized carbons (Fsp3) is 0.368. The van der Waals surface area contributed by atoms with Crippen molar-refractivity contribution >= 4 is 21.8 Å². The molecule has 2 rings (SSSR count). The molecule has 140 valence electrons. The first-order valence-electron chi connectivity index (χ1n) is 8.45. The summed E-state index contributed by atoms with van der Waals surface area (Å²) in [6.07, 6.45) is 2.56. The van der Waals surface area contributed by atoms with E-state index < -0.39 is 0 Å². The van der Waals surface area contributed by atoms with Crippen molar-refractivity contribution < 1.29 is 19.0 Å². The van der Waals surface area contributed by atoms with E-state index in [0.717, 1.165) is 12.0 Å². The van der Waals surface area contributed by atoms with Gasteiger partial charge in [0.1, 0.15) is 0 Å². The highest BCUT2D eigenvalue weighted by molar-refractivity contribution is 9.10. The number of benzene rings is 1. The topological polar surface area (TPSA) is 69.7 Å². The first-order valence-corrected chi connectivity index (χ1v) is 9.25. The van der Waals surface area contributed by atoms with E-state index in [2.05, 4.69) is 26.2 Å². The van der Waals surface area contributed by atoms with Gasteiger partial charge in [0, 0.05) is 23.9 Å². The second-order valence-corrected chi connectivity index (χ2v) is 6.28. The van der Waals surface area contributed by atoms with E-state index in [9.17, 15) is 4.79 Å². The van der Waals surface area contributed by atoms with Gasteiger partial charge in [-0.1, -0.05) is 13.0 Å². The number of hydrogen-bond donors (Lipinski definition) is 1. The Morgan fingerprint density at radius 3 is 2.77 bits per heavy atom. The Balaban J connectivity index is 2.12. The number of aromatic nitrogens is 1. The Labute approximate surface area is 162 Å². The standard InChI is InChI=1S/C19H23BrN2O4/c1-4-9-26-19-13(7-6-8-21-19)12-22-18(23)14-10-15(20)17(25-5-2)16(11-14)24-3/h6-8,10-11H,4-5,9,12H2,1-3H3,(H,22,23). The molecule has 0 atom stereocenters. The number of rotatable bonds is 9. The summed E-state index contributed by atoms with van der Waals surface area (Å²) in [7, 11) is 1.54. The van der Waals surface area contributed by atoms with Crippen molar-refractivity contribution in [1.29, 1.82) is 0 Å². The quantitative estimate of drug-likeness (QED) is 0.661. The third-order valence-corrected chi connectivity index (χ3v) is 4.10. The number of halogens is 1. The van der Waals surface area contributed by atoms with E-state index >= 15 is 0 Å². The Morgan fingerprint density at radius 2 is 2.08 bits per heavy atom. The number of carbonyl (C=O) groups is 1. The Hall–Kier alpha value is -2.28. The third-order valence-electron chi connectivity index (χ3n) is 3.51. The third kappa shape index (κ3) is 5.11. The van der Waals surface area contributed by atoms with Crippen LogP contribution >= 0.6 is 15.9 Å². The lowest BCUT2D eigenvalue weighted by atomic mass is 10.1. The molecule has 0 bridgehead atoms. The van der Waals surface area contributed by atoms with Gasteiger partial charge in [-0.05, 0) is 47.5 Å². The number of pyridine rings is 1. The van der Waals surface area contributed by atoms with Crippen molar-refractivity contribution in [2.75, 3.05) is 20.3 Å². The highest BCUT2D eigenvalue weighted by Crippen LogP contribution is 2.36. The number of amides is 1. The summed E-state index contributed by atoms with van der Waals surface area (Å²) in [6.45, 7) is 5.32.